The first kappa shape index (κ1) is 27.6. The van der Waals surface area contributed by atoms with Crippen molar-refractivity contribution in [2.75, 3.05) is 19.8 Å². The Balaban J connectivity index is 1.87. The summed E-state index contributed by atoms with van der Waals surface area (Å²) in [4.78, 5) is 0. The summed E-state index contributed by atoms with van der Waals surface area (Å²) >= 11 is 0. The van der Waals surface area contributed by atoms with Gasteiger partial charge in [-0.25, -0.2) is 0 Å². The Morgan fingerprint density at radius 1 is 0.657 bits per heavy atom. The van der Waals surface area contributed by atoms with E-state index in [1.807, 2.05) is 0 Å². The summed E-state index contributed by atoms with van der Waals surface area (Å²) in [5.41, 5.74) is -2.17. The molecule has 8 N–H and O–H groups in total. The van der Waals surface area contributed by atoms with Crippen LogP contribution in [0.2, 0.25) is 0 Å². The van der Waals surface area contributed by atoms with Crippen molar-refractivity contribution in [1.82, 2.24) is 0 Å². The highest BCUT2D eigenvalue weighted by atomic mass is 16.8. The van der Waals surface area contributed by atoms with Gasteiger partial charge < -0.3 is 55.1 Å². The van der Waals surface area contributed by atoms with E-state index in [0.29, 0.717) is 25.7 Å². The summed E-state index contributed by atoms with van der Waals surface area (Å²) in [6.07, 6.45) is -2.20. The molecule has 0 aromatic carbocycles. The molecule has 0 aromatic heterocycles. The van der Waals surface area contributed by atoms with Gasteiger partial charge in [0.2, 0.25) is 11.6 Å². The molecular weight excluding hydrogens is 464 g/mol. The van der Waals surface area contributed by atoms with Crippen molar-refractivity contribution in [3.63, 3.8) is 0 Å². The van der Waals surface area contributed by atoms with Crippen LogP contribution < -0.4 is 0 Å². The number of aliphatic hydroxyl groups is 8. The highest BCUT2D eigenvalue weighted by Crippen LogP contribution is 2.56. The molecule has 4 rings (SSSR count). The molecule has 2 heterocycles. The van der Waals surface area contributed by atoms with Gasteiger partial charge in [-0.05, 0) is 31.6 Å². The topological polar surface area (TPSA) is 190 Å². The van der Waals surface area contributed by atoms with Gasteiger partial charge in [0.15, 0.2) is 0 Å². The van der Waals surface area contributed by atoms with Gasteiger partial charge in [-0.15, -0.1) is 0 Å². The van der Waals surface area contributed by atoms with Gasteiger partial charge in [0.05, 0.1) is 13.2 Å². The summed E-state index contributed by atoms with van der Waals surface area (Å²) in [5.74, 6) is -5.45. The second kappa shape index (κ2) is 10.7. The average Bonchev–Trinajstić information content (AvgIpc) is 3.14. The molecule has 4 aliphatic rings. The maximum atomic E-state index is 12.5. The Labute approximate surface area is 205 Å². The highest BCUT2D eigenvalue weighted by Gasteiger charge is 2.73. The van der Waals surface area contributed by atoms with E-state index in [1.165, 1.54) is 0 Å². The molecule has 35 heavy (non-hydrogen) atoms. The Hall–Kier alpha value is -0.440. The third kappa shape index (κ3) is 4.36. The lowest BCUT2D eigenvalue weighted by Gasteiger charge is -2.62. The molecule has 204 valence electrons. The van der Waals surface area contributed by atoms with E-state index in [1.54, 1.807) is 0 Å². The van der Waals surface area contributed by atoms with E-state index in [4.69, 9.17) is 14.2 Å². The fourth-order valence-corrected chi connectivity index (χ4v) is 6.88. The van der Waals surface area contributed by atoms with Crippen molar-refractivity contribution in [3.05, 3.63) is 0 Å². The molecule has 2 aliphatic heterocycles. The van der Waals surface area contributed by atoms with E-state index in [0.717, 1.165) is 38.5 Å². The van der Waals surface area contributed by atoms with Crippen LogP contribution in [0.15, 0.2) is 0 Å². The number of rotatable bonds is 7. The molecular formula is C24H42O11. The minimum absolute atomic E-state index is 0.527. The number of hydrogen-bond donors (Lipinski definition) is 8. The lowest BCUT2D eigenvalue weighted by molar-refractivity contribution is -0.481. The van der Waals surface area contributed by atoms with Crippen molar-refractivity contribution in [1.29, 1.82) is 0 Å². The predicted octanol–water partition coefficient (Wildman–Crippen LogP) is -1.49. The van der Waals surface area contributed by atoms with Gasteiger partial charge in [0.25, 0.3) is 0 Å². The second-order valence-electron chi connectivity index (χ2n) is 10.8. The Bertz CT molecular complexity index is 699. The molecule has 0 spiro atoms. The largest absolute Gasteiger partial charge is 0.394 e. The molecule has 0 amide bonds. The Kier molecular flexibility index (Phi) is 8.47. The molecule has 11 heteroatoms. The molecule has 1 unspecified atom stereocenters. The normalized spacial score (nSPS) is 48.3. The standard InChI is InChI=1S/C24H42O11/c25-11-16-18(28)20(30)22(13-27,33-16)35-24(15-9-5-2-6-10-15)23(32,14-7-3-1-4-8-14)21(31)19(29)17(12-26)34-24/h14-21,25-32H,1-13H2/t16-,17-,18-,19-,20+,21+,22?,23-,24+/m1/s1. The van der Waals surface area contributed by atoms with Gasteiger partial charge in [0, 0.05) is 5.92 Å². The van der Waals surface area contributed by atoms with E-state index >= 15 is 0 Å². The van der Waals surface area contributed by atoms with Crippen molar-refractivity contribution >= 4 is 0 Å². The maximum absolute atomic E-state index is 12.5. The number of ether oxygens (including phenoxy) is 3. The third-order valence-corrected chi connectivity index (χ3v) is 8.82. The summed E-state index contributed by atoms with van der Waals surface area (Å²) in [5, 5.41) is 86.2. The van der Waals surface area contributed by atoms with E-state index in [-0.39, 0.29) is 0 Å². The summed E-state index contributed by atoms with van der Waals surface area (Å²) in [6, 6.07) is 0. The van der Waals surface area contributed by atoms with Crippen LogP contribution in [0.25, 0.3) is 0 Å². The summed E-state index contributed by atoms with van der Waals surface area (Å²) < 4.78 is 18.4. The van der Waals surface area contributed by atoms with Crippen LogP contribution in [-0.4, -0.2) is 114 Å². The zero-order valence-electron chi connectivity index (χ0n) is 20.1. The molecule has 9 atom stereocenters. The first-order valence-corrected chi connectivity index (χ1v) is 13.0. The Morgan fingerprint density at radius 2 is 1.14 bits per heavy atom. The van der Waals surface area contributed by atoms with Crippen LogP contribution in [0.5, 0.6) is 0 Å². The second-order valence-corrected chi connectivity index (χ2v) is 10.8. The zero-order chi connectivity index (χ0) is 25.4. The van der Waals surface area contributed by atoms with Gasteiger partial charge >= 0.3 is 0 Å². The zero-order valence-corrected chi connectivity index (χ0v) is 20.1. The molecule has 11 nitrogen and oxygen atoms in total. The molecule has 2 saturated heterocycles. The van der Waals surface area contributed by atoms with Crippen LogP contribution in [0, 0.1) is 11.8 Å². The summed E-state index contributed by atoms with van der Waals surface area (Å²) in [6.45, 7) is -2.27. The monoisotopic (exact) mass is 506 g/mol. The SMILES string of the molecule is OC[C@H]1OC(CO)(O[C@]2(C3CCCCC3)O[C@H](CO)[C@@H](O)[C@H](O)[C@]2(O)C2CCCCC2)[C@@H](O)[C@@H]1O. The quantitative estimate of drug-likeness (QED) is 0.201. The van der Waals surface area contributed by atoms with Crippen LogP contribution in [-0.2, 0) is 14.2 Å². The molecule has 0 aromatic rings. The average molecular weight is 507 g/mol. The highest BCUT2D eigenvalue weighted by molar-refractivity contribution is 5.15. The summed E-state index contributed by atoms with van der Waals surface area (Å²) in [7, 11) is 0. The van der Waals surface area contributed by atoms with Crippen molar-refractivity contribution in [2.45, 2.75) is 118 Å². The van der Waals surface area contributed by atoms with Crippen LogP contribution >= 0.6 is 0 Å². The number of aliphatic hydroxyl groups excluding tert-OH is 7. The third-order valence-electron chi connectivity index (χ3n) is 8.82. The first-order valence-electron chi connectivity index (χ1n) is 13.0. The predicted molar refractivity (Wildman–Crippen MR) is 120 cm³/mol. The Morgan fingerprint density at radius 3 is 1.63 bits per heavy atom. The van der Waals surface area contributed by atoms with Crippen LogP contribution in [0.1, 0.15) is 64.2 Å². The van der Waals surface area contributed by atoms with Crippen molar-refractivity contribution in [3.8, 4) is 0 Å². The molecule has 0 radical (unpaired) electrons. The van der Waals surface area contributed by atoms with Crippen molar-refractivity contribution in [2.24, 2.45) is 11.8 Å². The van der Waals surface area contributed by atoms with Gasteiger partial charge in [-0.2, -0.15) is 0 Å². The lowest BCUT2D eigenvalue weighted by atomic mass is 9.61. The smallest absolute Gasteiger partial charge is 0.224 e. The molecule has 0 bridgehead atoms. The van der Waals surface area contributed by atoms with Gasteiger partial charge in [0.1, 0.15) is 48.8 Å². The first-order chi connectivity index (χ1) is 16.7. The molecule has 2 aliphatic carbocycles. The minimum atomic E-state index is -2.28. The molecule has 2 saturated carbocycles. The van der Waals surface area contributed by atoms with Gasteiger partial charge in [-0.1, -0.05) is 38.5 Å². The minimum Gasteiger partial charge on any atom is -0.394 e. The van der Waals surface area contributed by atoms with E-state index in [2.05, 4.69) is 0 Å². The van der Waals surface area contributed by atoms with E-state index < -0.39 is 85.5 Å². The molecule has 4 fully saturated rings. The lowest BCUT2D eigenvalue weighted by Crippen LogP contribution is -2.80. The van der Waals surface area contributed by atoms with Gasteiger partial charge in [-0.3, -0.25) is 0 Å². The van der Waals surface area contributed by atoms with Crippen molar-refractivity contribution < 1.29 is 55.1 Å². The van der Waals surface area contributed by atoms with Crippen LogP contribution in [0.4, 0.5) is 0 Å². The van der Waals surface area contributed by atoms with Crippen LogP contribution in [0.3, 0.4) is 0 Å². The fraction of sp³-hybridized carbons (Fsp3) is 1.00. The fourth-order valence-electron chi connectivity index (χ4n) is 6.88. The maximum Gasteiger partial charge on any atom is 0.224 e. The van der Waals surface area contributed by atoms with E-state index in [9.17, 15) is 40.9 Å². The number of hydrogen-bond acceptors (Lipinski definition) is 11.